The van der Waals surface area contributed by atoms with Gasteiger partial charge >= 0.3 is 0 Å². The molecule has 0 aromatic heterocycles. The number of phenolic OH excluding ortho intramolecular Hbond substituents is 1. The predicted molar refractivity (Wildman–Crippen MR) is 75.8 cm³/mol. The van der Waals surface area contributed by atoms with E-state index in [-0.39, 0.29) is 17.9 Å². The van der Waals surface area contributed by atoms with Crippen molar-refractivity contribution in [1.29, 1.82) is 0 Å². The van der Waals surface area contributed by atoms with Crippen molar-refractivity contribution >= 4 is 11.6 Å². The molecule has 21 heavy (non-hydrogen) atoms. The summed E-state index contributed by atoms with van der Waals surface area (Å²) in [4.78, 5) is 13.9. The molecular formula is C16H14FNO3. The van der Waals surface area contributed by atoms with E-state index >= 15 is 0 Å². The van der Waals surface area contributed by atoms with Crippen LogP contribution in [0.15, 0.2) is 42.5 Å². The Morgan fingerprint density at radius 3 is 2.71 bits per heavy atom. The van der Waals surface area contributed by atoms with Gasteiger partial charge in [-0.1, -0.05) is 24.3 Å². The first-order valence-corrected chi connectivity index (χ1v) is 6.66. The SMILES string of the molecule is O=C(c1c(O)cccc1F)N1CCC(O)c2ccccc21. The number of phenols is 1. The summed E-state index contributed by atoms with van der Waals surface area (Å²) >= 11 is 0. The Kier molecular flexibility index (Phi) is 3.35. The molecule has 0 aliphatic carbocycles. The number of aliphatic hydroxyl groups is 1. The lowest BCUT2D eigenvalue weighted by Gasteiger charge is -2.32. The highest BCUT2D eigenvalue weighted by molar-refractivity contribution is 6.08. The molecule has 1 unspecified atom stereocenters. The van der Waals surface area contributed by atoms with Gasteiger partial charge < -0.3 is 15.1 Å². The van der Waals surface area contributed by atoms with Crippen LogP contribution < -0.4 is 4.90 Å². The first kappa shape index (κ1) is 13.6. The van der Waals surface area contributed by atoms with E-state index in [0.29, 0.717) is 17.7 Å². The van der Waals surface area contributed by atoms with Crippen LogP contribution in [0.3, 0.4) is 0 Å². The van der Waals surface area contributed by atoms with Gasteiger partial charge in [0.1, 0.15) is 17.1 Å². The van der Waals surface area contributed by atoms with Crippen LogP contribution in [0.2, 0.25) is 0 Å². The zero-order chi connectivity index (χ0) is 15.0. The monoisotopic (exact) mass is 287 g/mol. The van der Waals surface area contributed by atoms with Gasteiger partial charge in [0, 0.05) is 17.8 Å². The molecule has 0 saturated heterocycles. The summed E-state index contributed by atoms with van der Waals surface area (Å²) in [6.07, 6.45) is -0.266. The van der Waals surface area contributed by atoms with Gasteiger partial charge in [0.05, 0.1) is 6.10 Å². The van der Waals surface area contributed by atoms with Crippen molar-refractivity contribution in [2.75, 3.05) is 11.4 Å². The zero-order valence-corrected chi connectivity index (χ0v) is 11.2. The first-order valence-electron chi connectivity index (χ1n) is 6.66. The van der Waals surface area contributed by atoms with E-state index < -0.39 is 17.8 Å². The molecule has 1 aliphatic heterocycles. The number of benzene rings is 2. The number of para-hydroxylation sites is 1. The average molecular weight is 287 g/mol. The van der Waals surface area contributed by atoms with Crippen molar-refractivity contribution in [2.45, 2.75) is 12.5 Å². The number of anilines is 1. The van der Waals surface area contributed by atoms with Crippen LogP contribution in [0.5, 0.6) is 5.75 Å². The summed E-state index contributed by atoms with van der Waals surface area (Å²) in [5.41, 5.74) is 0.834. The molecule has 0 saturated carbocycles. The quantitative estimate of drug-likeness (QED) is 0.847. The third kappa shape index (κ3) is 2.25. The minimum Gasteiger partial charge on any atom is -0.507 e. The fourth-order valence-corrected chi connectivity index (χ4v) is 2.61. The van der Waals surface area contributed by atoms with E-state index in [9.17, 15) is 19.4 Å². The van der Waals surface area contributed by atoms with Crippen LogP contribution in [0.1, 0.15) is 28.4 Å². The number of fused-ring (bicyclic) bond motifs is 1. The van der Waals surface area contributed by atoms with Crippen molar-refractivity contribution in [3.05, 3.63) is 59.4 Å². The normalized spacial score (nSPS) is 17.4. The van der Waals surface area contributed by atoms with E-state index in [1.165, 1.54) is 17.0 Å². The number of carbonyl (C=O) groups excluding carboxylic acids is 1. The summed E-state index contributed by atoms with van der Waals surface area (Å²) < 4.78 is 13.9. The predicted octanol–water partition coefficient (Wildman–Crippen LogP) is 2.62. The minimum atomic E-state index is -0.761. The average Bonchev–Trinajstić information content (AvgIpc) is 2.47. The standard InChI is InChI=1S/C16H14FNO3/c17-11-5-3-7-14(20)15(11)16(21)18-9-8-13(19)10-4-1-2-6-12(10)18/h1-7,13,19-20H,8-9H2. The van der Waals surface area contributed by atoms with Gasteiger partial charge in [0.15, 0.2) is 0 Å². The maximum absolute atomic E-state index is 13.9. The summed E-state index contributed by atoms with van der Waals surface area (Å²) in [5.74, 6) is -1.75. The van der Waals surface area contributed by atoms with Crippen molar-refractivity contribution in [3.63, 3.8) is 0 Å². The van der Waals surface area contributed by atoms with Crippen LogP contribution >= 0.6 is 0 Å². The Hall–Kier alpha value is -2.40. The molecule has 4 nitrogen and oxygen atoms in total. The third-order valence-corrected chi connectivity index (χ3v) is 3.66. The second kappa shape index (κ2) is 5.18. The largest absolute Gasteiger partial charge is 0.507 e. The molecular weight excluding hydrogens is 273 g/mol. The number of rotatable bonds is 1. The lowest BCUT2D eigenvalue weighted by molar-refractivity contribution is 0.0964. The lowest BCUT2D eigenvalue weighted by Crippen LogP contribution is -2.37. The van der Waals surface area contributed by atoms with Gasteiger partial charge in [-0.15, -0.1) is 0 Å². The Bertz CT molecular complexity index is 681. The Morgan fingerprint density at radius 2 is 1.95 bits per heavy atom. The summed E-state index contributed by atoms with van der Waals surface area (Å²) in [6.45, 7) is 0.269. The molecule has 1 amide bonds. The second-order valence-corrected chi connectivity index (χ2v) is 4.95. The molecule has 0 spiro atoms. The fourth-order valence-electron chi connectivity index (χ4n) is 2.61. The highest BCUT2D eigenvalue weighted by Gasteiger charge is 2.30. The molecule has 2 N–H and O–H groups in total. The number of aliphatic hydroxyl groups excluding tert-OH is 1. The van der Waals surface area contributed by atoms with E-state index in [4.69, 9.17) is 0 Å². The summed E-state index contributed by atoms with van der Waals surface area (Å²) in [6, 6.07) is 10.7. The van der Waals surface area contributed by atoms with Crippen LogP contribution in [-0.4, -0.2) is 22.7 Å². The number of carbonyl (C=O) groups is 1. The van der Waals surface area contributed by atoms with Crippen molar-refractivity contribution in [3.8, 4) is 5.75 Å². The number of amides is 1. The van der Waals surface area contributed by atoms with Gasteiger partial charge in [0.25, 0.3) is 5.91 Å². The summed E-state index contributed by atoms with van der Waals surface area (Å²) in [7, 11) is 0. The molecule has 0 fully saturated rings. The van der Waals surface area contributed by atoms with E-state index in [0.717, 1.165) is 6.07 Å². The van der Waals surface area contributed by atoms with Gasteiger partial charge in [-0.05, 0) is 24.6 Å². The van der Waals surface area contributed by atoms with E-state index in [1.807, 2.05) is 0 Å². The van der Waals surface area contributed by atoms with Crippen molar-refractivity contribution < 1.29 is 19.4 Å². The Morgan fingerprint density at radius 1 is 1.19 bits per heavy atom. The molecule has 2 aromatic rings. The molecule has 0 radical (unpaired) electrons. The van der Waals surface area contributed by atoms with Crippen molar-refractivity contribution in [2.24, 2.45) is 0 Å². The van der Waals surface area contributed by atoms with Gasteiger partial charge in [-0.25, -0.2) is 4.39 Å². The highest BCUT2D eigenvalue weighted by atomic mass is 19.1. The summed E-state index contributed by atoms with van der Waals surface area (Å²) in [5, 5.41) is 19.7. The molecule has 3 rings (SSSR count). The molecule has 108 valence electrons. The van der Waals surface area contributed by atoms with Crippen LogP contribution in [-0.2, 0) is 0 Å². The lowest BCUT2D eigenvalue weighted by atomic mass is 9.98. The number of hydrogen-bond acceptors (Lipinski definition) is 3. The third-order valence-electron chi connectivity index (χ3n) is 3.66. The maximum atomic E-state index is 13.9. The number of aromatic hydroxyl groups is 1. The molecule has 5 heteroatoms. The molecule has 1 atom stereocenters. The van der Waals surface area contributed by atoms with Gasteiger partial charge in [-0.3, -0.25) is 4.79 Å². The van der Waals surface area contributed by atoms with Gasteiger partial charge in [-0.2, -0.15) is 0 Å². The van der Waals surface area contributed by atoms with E-state index in [1.54, 1.807) is 24.3 Å². The number of halogens is 1. The molecule has 1 aliphatic rings. The van der Waals surface area contributed by atoms with Crippen LogP contribution in [0.25, 0.3) is 0 Å². The Balaban J connectivity index is 2.06. The topological polar surface area (TPSA) is 60.8 Å². The van der Waals surface area contributed by atoms with Crippen LogP contribution in [0, 0.1) is 5.82 Å². The van der Waals surface area contributed by atoms with Crippen molar-refractivity contribution in [1.82, 2.24) is 0 Å². The fraction of sp³-hybridized carbons (Fsp3) is 0.188. The first-order chi connectivity index (χ1) is 10.1. The van der Waals surface area contributed by atoms with Gasteiger partial charge in [0.2, 0.25) is 0 Å². The smallest absolute Gasteiger partial charge is 0.265 e. The number of hydrogen-bond donors (Lipinski definition) is 2. The number of nitrogens with zero attached hydrogens (tertiary/aromatic N) is 1. The highest BCUT2D eigenvalue weighted by Crippen LogP contribution is 2.35. The van der Waals surface area contributed by atoms with E-state index in [2.05, 4.69) is 0 Å². The molecule has 1 heterocycles. The Labute approximate surface area is 121 Å². The zero-order valence-electron chi connectivity index (χ0n) is 11.2. The van der Waals surface area contributed by atoms with Crippen LogP contribution in [0.4, 0.5) is 10.1 Å². The molecule has 0 bridgehead atoms. The second-order valence-electron chi connectivity index (χ2n) is 4.95. The molecule has 2 aromatic carbocycles. The minimum absolute atomic E-state index is 0.269. The maximum Gasteiger partial charge on any atom is 0.265 e.